The van der Waals surface area contributed by atoms with Gasteiger partial charge in [-0.05, 0) is 70.6 Å². The minimum atomic E-state index is -4.68. The summed E-state index contributed by atoms with van der Waals surface area (Å²) >= 11 is 0. The van der Waals surface area contributed by atoms with Gasteiger partial charge in [0.25, 0.3) is 7.82 Å². The van der Waals surface area contributed by atoms with Crippen molar-refractivity contribution < 1.29 is 38.0 Å². The normalized spacial score (nSPS) is 14.8. The molecule has 0 saturated heterocycles. The third kappa shape index (κ3) is 47.5. The molecule has 0 spiro atoms. The average Bonchev–Trinajstić information content (AvgIpc) is 3.26. The molecule has 10 heteroatoms. The molecule has 0 aromatic rings. The van der Waals surface area contributed by atoms with Crippen molar-refractivity contribution in [2.75, 3.05) is 40.9 Å². The van der Waals surface area contributed by atoms with E-state index >= 15 is 0 Å². The highest BCUT2D eigenvalue weighted by Gasteiger charge is 2.29. The summed E-state index contributed by atoms with van der Waals surface area (Å²) in [6.07, 6.45) is 55.0. The number of allylic oxidation sites excluding steroid dienone is 6. The van der Waals surface area contributed by atoms with E-state index in [0.29, 0.717) is 30.3 Å². The number of hydrogen-bond donors (Lipinski definition) is 3. The maximum atomic E-state index is 13.0. The van der Waals surface area contributed by atoms with Crippen LogP contribution in [0.3, 0.4) is 0 Å². The fourth-order valence-electron chi connectivity index (χ4n) is 8.05. The Balaban J connectivity index is 4.17. The van der Waals surface area contributed by atoms with E-state index in [2.05, 4.69) is 55.6 Å². The smallest absolute Gasteiger partial charge is 0.268 e. The molecular formula is C55H107N2O7P. The molecule has 0 aliphatic rings. The number of amides is 1. The van der Waals surface area contributed by atoms with Crippen molar-refractivity contribution in [3.05, 3.63) is 36.5 Å². The number of quaternary nitrogens is 1. The molecule has 0 radical (unpaired) electrons. The third-order valence-corrected chi connectivity index (χ3v) is 13.4. The molecule has 0 bridgehead atoms. The molecule has 4 atom stereocenters. The summed E-state index contributed by atoms with van der Waals surface area (Å²) in [5.41, 5.74) is 0. The first-order valence-electron chi connectivity index (χ1n) is 27.4. The Bertz CT molecular complexity index is 1170. The van der Waals surface area contributed by atoms with Gasteiger partial charge in [-0.2, -0.15) is 0 Å². The number of carbonyl (C=O) groups excluding carboxylic acids is 1. The molecule has 384 valence electrons. The largest absolute Gasteiger partial charge is 0.756 e. The SMILES string of the molecule is CCCCCCC/C=C\C/C=C\CCCCCCCCCCCCCCCCCCCC(=O)NC(COP(=O)([O-])OCC[N+](C)(C)C)C(O)C(O)CCC/C=C/CCCCCCCCC. The van der Waals surface area contributed by atoms with Crippen LogP contribution in [0.2, 0.25) is 0 Å². The summed E-state index contributed by atoms with van der Waals surface area (Å²) in [5, 5.41) is 24.7. The van der Waals surface area contributed by atoms with Crippen LogP contribution in [0.5, 0.6) is 0 Å². The van der Waals surface area contributed by atoms with Crippen LogP contribution in [0, 0.1) is 0 Å². The second kappa shape index (κ2) is 46.4. The summed E-state index contributed by atoms with van der Waals surface area (Å²) in [6.45, 7) is 4.41. The van der Waals surface area contributed by atoms with Gasteiger partial charge in [0.15, 0.2) is 0 Å². The Kier molecular flexibility index (Phi) is 45.5. The summed E-state index contributed by atoms with van der Waals surface area (Å²) < 4.78 is 23.2. The van der Waals surface area contributed by atoms with E-state index < -0.39 is 32.7 Å². The van der Waals surface area contributed by atoms with Crippen LogP contribution in [0.1, 0.15) is 251 Å². The molecule has 0 aliphatic carbocycles. The maximum Gasteiger partial charge on any atom is 0.268 e. The van der Waals surface area contributed by atoms with E-state index in [-0.39, 0.29) is 18.9 Å². The van der Waals surface area contributed by atoms with Crippen molar-refractivity contribution >= 4 is 13.7 Å². The number of likely N-dealkylation sites (N-methyl/N-ethyl adjacent to an activating group) is 1. The molecular weight excluding hydrogens is 832 g/mol. The first kappa shape index (κ1) is 63.7. The molecule has 4 unspecified atom stereocenters. The van der Waals surface area contributed by atoms with Crippen LogP contribution in [0.15, 0.2) is 36.5 Å². The molecule has 65 heavy (non-hydrogen) atoms. The number of unbranched alkanes of at least 4 members (excludes halogenated alkanes) is 30. The first-order chi connectivity index (χ1) is 31.4. The fraction of sp³-hybridized carbons (Fsp3) is 0.873. The fourth-order valence-corrected chi connectivity index (χ4v) is 8.77. The second-order valence-electron chi connectivity index (χ2n) is 20.1. The molecule has 9 nitrogen and oxygen atoms in total. The number of nitrogens with zero attached hydrogens (tertiary/aromatic N) is 1. The highest BCUT2D eigenvalue weighted by molar-refractivity contribution is 7.45. The van der Waals surface area contributed by atoms with E-state index in [1.54, 1.807) is 0 Å². The lowest BCUT2D eigenvalue weighted by Gasteiger charge is -2.31. The molecule has 0 rings (SSSR count). The number of phosphoric acid groups is 1. The highest BCUT2D eigenvalue weighted by atomic mass is 31.2. The van der Waals surface area contributed by atoms with Crippen molar-refractivity contribution in [1.82, 2.24) is 5.32 Å². The zero-order valence-corrected chi connectivity index (χ0v) is 44.2. The zero-order chi connectivity index (χ0) is 48.0. The van der Waals surface area contributed by atoms with Gasteiger partial charge in [0.05, 0.1) is 39.9 Å². The number of rotatable bonds is 50. The van der Waals surface area contributed by atoms with Gasteiger partial charge >= 0.3 is 0 Å². The summed E-state index contributed by atoms with van der Waals surface area (Å²) in [5.74, 6) is -0.286. The quantitative estimate of drug-likeness (QED) is 0.0240. The summed E-state index contributed by atoms with van der Waals surface area (Å²) in [6, 6.07) is -1.09. The van der Waals surface area contributed by atoms with Crippen molar-refractivity contribution in [3.8, 4) is 0 Å². The van der Waals surface area contributed by atoms with E-state index in [1.807, 2.05) is 21.1 Å². The van der Waals surface area contributed by atoms with Gasteiger partial charge in [-0.1, -0.05) is 211 Å². The average molecular weight is 939 g/mol. The summed E-state index contributed by atoms with van der Waals surface area (Å²) in [4.78, 5) is 25.5. The topological polar surface area (TPSA) is 128 Å². The monoisotopic (exact) mass is 939 g/mol. The molecule has 0 fully saturated rings. The van der Waals surface area contributed by atoms with Gasteiger partial charge in [0.1, 0.15) is 19.3 Å². The van der Waals surface area contributed by atoms with Crippen molar-refractivity contribution in [1.29, 1.82) is 0 Å². The standard InChI is InChI=1S/C55H107N2O7P/c1-6-8-10-12-14-16-18-20-21-22-23-24-25-26-27-28-29-30-31-32-33-34-35-36-38-40-42-44-46-48-54(59)56-52(51-64-65(61,62)63-50-49-57(3,4)5)55(60)53(58)47-45-43-41-39-37-19-17-15-13-11-9-7-2/h18,20,22-23,39,41,52-53,55,58,60H,6-17,19,21,24-38,40,42-51H2,1-5H3,(H-,56,59,61,62)/b20-18-,23-22-,41-39+. The molecule has 0 aromatic heterocycles. The van der Waals surface area contributed by atoms with E-state index in [0.717, 1.165) is 38.5 Å². The lowest BCUT2D eigenvalue weighted by Crippen LogP contribution is -2.51. The number of nitrogens with one attached hydrogen (secondary N) is 1. The lowest BCUT2D eigenvalue weighted by molar-refractivity contribution is -0.870. The van der Waals surface area contributed by atoms with Gasteiger partial charge in [-0.3, -0.25) is 9.36 Å². The molecule has 0 aromatic carbocycles. The number of aliphatic hydroxyl groups excluding tert-OH is 2. The van der Waals surface area contributed by atoms with Crippen LogP contribution in [0.4, 0.5) is 0 Å². The van der Waals surface area contributed by atoms with Crippen LogP contribution >= 0.6 is 7.82 Å². The van der Waals surface area contributed by atoms with Gasteiger partial charge in [0.2, 0.25) is 5.91 Å². The minimum absolute atomic E-state index is 0.0453. The van der Waals surface area contributed by atoms with Gasteiger partial charge < -0.3 is 34.0 Å². The molecule has 3 N–H and O–H groups in total. The highest BCUT2D eigenvalue weighted by Crippen LogP contribution is 2.38. The second-order valence-corrected chi connectivity index (χ2v) is 21.5. The lowest BCUT2D eigenvalue weighted by atomic mass is 10.0. The Morgan fingerprint density at radius 2 is 0.923 bits per heavy atom. The zero-order valence-electron chi connectivity index (χ0n) is 43.3. The number of phosphoric ester groups is 1. The van der Waals surface area contributed by atoms with Crippen molar-refractivity contribution in [2.24, 2.45) is 0 Å². The number of aliphatic hydroxyl groups is 2. The van der Waals surface area contributed by atoms with Crippen molar-refractivity contribution in [2.45, 2.75) is 270 Å². The first-order valence-corrected chi connectivity index (χ1v) is 28.9. The van der Waals surface area contributed by atoms with E-state index in [9.17, 15) is 24.5 Å². The minimum Gasteiger partial charge on any atom is -0.756 e. The Morgan fingerprint density at radius 1 is 0.554 bits per heavy atom. The van der Waals surface area contributed by atoms with Gasteiger partial charge in [-0.25, -0.2) is 0 Å². The van der Waals surface area contributed by atoms with Gasteiger partial charge in [-0.15, -0.1) is 0 Å². The molecule has 0 aliphatic heterocycles. The van der Waals surface area contributed by atoms with E-state index in [4.69, 9.17) is 9.05 Å². The predicted octanol–water partition coefficient (Wildman–Crippen LogP) is 14.5. The van der Waals surface area contributed by atoms with Crippen LogP contribution in [-0.4, -0.2) is 79.8 Å². The van der Waals surface area contributed by atoms with Crippen molar-refractivity contribution in [3.63, 3.8) is 0 Å². The van der Waals surface area contributed by atoms with Crippen LogP contribution in [-0.2, 0) is 18.4 Å². The molecule has 0 saturated carbocycles. The van der Waals surface area contributed by atoms with Crippen LogP contribution in [0.25, 0.3) is 0 Å². The maximum absolute atomic E-state index is 13.0. The third-order valence-electron chi connectivity index (χ3n) is 12.4. The number of carbonyl (C=O) groups is 1. The Labute approximate surface area is 402 Å². The Morgan fingerprint density at radius 3 is 1.34 bits per heavy atom. The van der Waals surface area contributed by atoms with Gasteiger partial charge in [0, 0.05) is 6.42 Å². The summed E-state index contributed by atoms with van der Waals surface area (Å²) in [7, 11) is 1.11. The molecule has 1 amide bonds. The predicted molar refractivity (Wildman–Crippen MR) is 276 cm³/mol. The van der Waals surface area contributed by atoms with Crippen LogP contribution < -0.4 is 10.2 Å². The van der Waals surface area contributed by atoms with E-state index in [1.165, 1.54) is 173 Å². The Hall–Kier alpha value is -1.32. The molecule has 0 heterocycles. The number of hydrogen-bond acceptors (Lipinski definition) is 7.